The number of H-pyrrole nitrogens is 1. The van der Waals surface area contributed by atoms with E-state index >= 15 is 0 Å². The highest BCUT2D eigenvalue weighted by molar-refractivity contribution is 5.89. The van der Waals surface area contributed by atoms with E-state index in [0.717, 1.165) is 28.4 Å². The van der Waals surface area contributed by atoms with Crippen LogP contribution in [0.2, 0.25) is 0 Å². The second kappa shape index (κ2) is 6.48. The predicted octanol–water partition coefficient (Wildman–Crippen LogP) is 3.56. The van der Waals surface area contributed by atoms with Crippen LogP contribution < -0.4 is 5.32 Å². The van der Waals surface area contributed by atoms with Crippen molar-refractivity contribution >= 4 is 27.7 Å². The highest BCUT2D eigenvalue weighted by atomic mass is 16.1. The lowest BCUT2D eigenvalue weighted by Crippen LogP contribution is -2.27. The first-order valence-electron chi connectivity index (χ1n) is 8.57. The highest BCUT2D eigenvalue weighted by Gasteiger charge is 2.10. The molecule has 1 amide bonds. The number of aromatic amines is 1. The van der Waals surface area contributed by atoms with Gasteiger partial charge in [0.25, 0.3) is 0 Å². The molecule has 126 valence electrons. The predicted molar refractivity (Wildman–Crippen MR) is 102 cm³/mol. The first-order chi connectivity index (χ1) is 12.2. The van der Waals surface area contributed by atoms with Crippen LogP contribution in [0.1, 0.15) is 11.1 Å². The Kier molecular flexibility index (Phi) is 4.02. The van der Waals surface area contributed by atoms with E-state index in [-0.39, 0.29) is 5.91 Å². The first kappa shape index (κ1) is 15.5. The largest absolute Gasteiger partial charge is 0.361 e. The fourth-order valence-corrected chi connectivity index (χ4v) is 3.48. The molecule has 2 N–H and O–H groups in total. The first-order valence-corrected chi connectivity index (χ1v) is 8.57. The third-order valence-electron chi connectivity index (χ3n) is 4.72. The molecule has 0 aliphatic carbocycles. The number of aryl methyl sites for hydroxylation is 1. The fourth-order valence-electron chi connectivity index (χ4n) is 3.48. The Morgan fingerprint density at radius 3 is 2.68 bits per heavy atom. The molecule has 0 radical (unpaired) electrons. The molecule has 2 aromatic carbocycles. The van der Waals surface area contributed by atoms with Crippen molar-refractivity contribution < 1.29 is 4.79 Å². The van der Waals surface area contributed by atoms with Crippen molar-refractivity contribution in [3.8, 4) is 0 Å². The molecule has 2 aromatic heterocycles. The van der Waals surface area contributed by atoms with E-state index in [9.17, 15) is 4.79 Å². The van der Waals surface area contributed by atoms with Gasteiger partial charge in [-0.2, -0.15) is 0 Å². The minimum absolute atomic E-state index is 0.0659. The molecule has 4 rings (SSSR count). The Hall–Kier alpha value is -3.01. The Balaban J connectivity index is 1.39. The van der Waals surface area contributed by atoms with Gasteiger partial charge in [0, 0.05) is 47.8 Å². The summed E-state index contributed by atoms with van der Waals surface area (Å²) in [6.07, 6.45) is 5.31. The van der Waals surface area contributed by atoms with E-state index < -0.39 is 0 Å². The number of fused-ring (bicyclic) bond motifs is 2. The van der Waals surface area contributed by atoms with Gasteiger partial charge < -0.3 is 14.9 Å². The fraction of sp³-hybridized carbons (Fsp3) is 0.190. The Labute approximate surface area is 146 Å². The van der Waals surface area contributed by atoms with Crippen LogP contribution in [0.3, 0.4) is 0 Å². The van der Waals surface area contributed by atoms with Gasteiger partial charge in [0.15, 0.2) is 0 Å². The molecule has 0 saturated heterocycles. The zero-order chi connectivity index (χ0) is 17.2. The Morgan fingerprint density at radius 1 is 1.04 bits per heavy atom. The van der Waals surface area contributed by atoms with E-state index in [1.807, 2.05) is 43.7 Å². The van der Waals surface area contributed by atoms with E-state index in [0.29, 0.717) is 13.0 Å². The molecule has 0 atom stereocenters. The van der Waals surface area contributed by atoms with Gasteiger partial charge >= 0.3 is 0 Å². The maximum absolute atomic E-state index is 12.3. The highest BCUT2D eigenvalue weighted by Crippen LogP contribution is 2.21. The number of aromatic nitrogens is 2. The van der Waals surface area contributed by atoms with E-state index in [1.54, 1.807) is 0 Å². The van der Waals surface area contributed by atoms with E-state index in [4.69, 9.17) is 0 Å². The number of hydrogen-bond acceptors (Lipinski definition) is 1. The monoisotopic (exact) mass is 331 g/mol. The molecule has 0 fully saturated rings. The second-order valence-corrected chi connectivity index (χ2v) is 6.42. The summed E-state index contributed by atoms with van der Waals surface area (Å²) in [5, 5.41) is 5.42. The SMILES string of the molecule is Cn1cc(CC(=O)NCCc2c[nH]c3ccccc23)c2ccccc21. The molecule has 25 heavy (non-hydrogen) atoms. The van der Waals surface area contributed by atoms with Crippen LogP contribution in [0, 0.1) is 0 Å². The van der Waals surface area contributed by atoms with Gasteiger partial charge in [-0.3, -0.25) is 4.79 Å². The molecular formula is C21H21N3O. The minimum Gasteiger partial charge on any atom is -0.361 e. The smallest absolute Gasteiger partial charge is 0.224 e. The number of hydrogen-bond donors (Lipinski definition) is 2. The third-order valence-corrected chi connectivity index (χ3v) is 4.72. The number of para-hydroxylation sites is 2. The topological polar surface area (TPSA) is 49.8 Å². The molecule has 2 heterocycles. The van der Waals surface area contributed by atoms with Crippen LogP contribution in [-0.2, 0) is 24.7 Å². The molecule has 4 nitrogen and oxygen atoms in total. The minimum atomic E-state index is 0.0659. The van der Waals surface area contributed by atoms with Crippen LogP contribution >= 0.6 is 0 Å². The number of amides is 1. The summed E-state index contributed by atoms with van der Waals surface area (Å²) in [7, 11) is 2.01. The molecular weight excluding hydrogens is 310 g/mol. The van der Waals surface area contributed by atoms with Crippen molar-refractivity contribution in [2.45, 2.75) is 12.8 Å². The molecule has 0 aliphatic heterocycles. The molecule has 0 spiro atoms. The van der Waals surface area contributed by atoms with Crippen molar-refractivity contribution in [3.05, 3.63) is 72.1 Å². The number of nitrogens with one attached hydrogen (secondary N) is 2. The van der Waals surface area contributed by atoms with Crippen molar-refractivity contribution in [2.24, 2.45) is 7.05 Å². The van der Waals surface area contributed by atoms with Crippen LogP contribution in [0.5, 0.6) is 0 Å². The standard InChI is InChI=1S/C21H21N3O/c1-24-14-16(18-7-3-5-9-20(18)24)12-21(25)22-11-10-15-13-23-19-8-4-2-6-17(15)19/h2-9,13-14,23H,10-12H2,1H3,(H,22,25). The van der Waals surface area contributed by atoms with E-state index in [2.05, 4.69) is 39.1 Å². The third kappa shape index (κ3) is 3.03. The van der Waals surface area contributed by atoms with Crippen LogP contribution in [0.4, 0.5) is 0 Å². The Morgan fingerprint density at radius 2 is 1.80 bits per heavy atom. The average Bonchev–Trinajstić information content (AvgIpc) is 3.17. The molecule has 0 bridgehead atoms. The average molecular weight is 331 g/mol. The number of nitrogens with zero attached hydrogens (tertiary/aromatic N) is 1. The maximum atomic E-state index is 12.3. The van der Waals surface area contributed by atoms with E-state index in [1.165, 1.54) is 10.9 Å². The van der Waals surface area contributed by atoms with Gasteiger partial charge in [-0.15, -0.1) is 0 Å². The summed E-state index contributed by atoms with van der Waals surface area (Å²) < 4.78 is 2.07. The maximum Gasteiger partial charge on any atom is 0.224 e. The second-order valence-electron chi connectivity index (χ2n) is 6.42. The molecule has 0 unspecified atom stereocenters. The van der Waals surface area contributed by atoms with Crippen LogP contribution in [-0.4, -0.2) is 22.0 Å². The summed E-state index contributed by atoms with van der Waals surface area (Å²) in [5.74, 6) is 0.0659. The summed E-state index contributed by atoms with van der Waals surface area (Å²) >= 11 is 0. The molecule has 0 aliphatic rings. The number of carbonyl (C=O) groups excluding carboxylic acids is 1. The number of carbonyl (C=O) groups is 1. The molecule has 4 aromatic rings. The zero-order valence-electron chi connectivity index (χ0n) is 14.3. The normalized spacial score (nSPS) is 11.2. The van der Waals surface area contributed by atoms with Crippen LogP contribution in [0.15, 0.2) is 60.9 Å². The molecule has 0 saturated carbocycles. The van der Waals surface area contributed by atoms with Crippen molar-refractivity contribution in [3.63, 3.8) is 0 Å². The summed E-state index contributed by atoms with van der Waals surface area (Å²) in [6, 6.07) is 16.4. The van der Waals surface area contributed by atoms with Crippen molar-refractivity contribution in [2.75, 3.05) is 6.54 Å². The molecule has 4 heteroatoms. The van der Waals surface area contributed by atoms with Gasteiger partial charge in [0.1, 0.15) is 0 Å². The number of benzene rings is 2. The summed E-state index contributed by atoms with van der Waals surface area (Å²) in [6.45, 7) is 0.644. The van der Waals surface area contributed by atoms with Gasteiger partial charge in [0.2, 0.25) is 5.91 Å². The number of rotatable bonds is 5. The van der Waals surface area contributed by atoms with Gasteiger partial charge in [0.05, 0.1) is 6.42 Å². The zero-order valence-corrected chi connectivity index (χ0v) is 14.3. The van der Waals surface area contributed by atoms with Crippen LogP contribution in [0.25, 0.3) is 21.8 Å². The van der Waals surface area contributed by atoms with Crippen molar-refractivity contribution in [1.29, 1.82) is 0 Å². The lowest BCUT2D eigenvalue weighted by Gasteiger charge is -2.04. The lowest BCUT2D eigenvalue weighted by atomic mass is 10.1. The summed E-state index contributed by atoms with van der Waals surface area (Å²) in [5.41, 5.74) is 4.60. The van der Waals surface area contributed by atoms with Crippen molar-refractivity contribution in [1.82, 2.24) is 14.9 Å². The van der Waals surface area contributed by atoms with Gasteiger partial charge in [-0.25, -0.2) is 0 Å². The van der Waals surface area contributed by atoms with Gasteiger partial charge in [-0.1, -0.05) is 36.4 Å². The lowest BCUT2D eigenvalue weighted by molar-refractivity contribution is -0.120. The summed E-state index contributed by atoms with van der Waals surface area (Å²) in [4.78, 5) is 15.6. The Bertz CT molecular complexity index is 1040. The quantitative estimate of drug-likeness (QED) is 0.577. The van der Waals surface area contributed by atoms with Gasteiger partial charge in [-0.05, 0) is 29.7 Å².